The number of likely N-dealkylation sites (N-methyl/N-ethyl adjacent to an activating group) is 1. The largest absolute Gasteiger partial charge is 0.382 e. The van der Waals surface area contributed by atoms with Gasteiger partial charge in [-0.05, 0) is 23.8 Å². The number of hydrogen-bond donors (Lipinski definition) is 2. The molecule has 0 bridgehead atoms. The first kappa shape index (κ1) is 24.0. The highest BCUT2D eigenvalue weighted by atomic mass is 32.1. The van der Waals surface area contributed by atoms with Gasteiger partial charge in [-0.3, -0.25) is 9.48 Å². The molecule has 11 heteroatoms. The Balaban J connectivity index is 1.39. The smallest absolute Gasteiger partial charge is 0.258 e. The molecule has 1 saturated heterocycles. The SMILES string of the molecule is COC[C@@H](Nc1nccc(-c2nc(-c3cccc([C@]4(O)CCN(C)C4=O)c3)cs2)n1)c1ccnn1C. The van der Waals surface area contributed by atoms with Gasteiger partial charge in [-0.1, -0.05) is 18.2 Å². The van der Waals surface area contributed by atoms with Crippen molar-refractivity contribution in [2.24, 2.45) is 7.05 Å². The Labute approximate surface area is 212 Å². The summed E-state index contributed by atoms with van der Waals surface area (Å²) in [6.07, 6.45) is 3.80. The van der Waals surface area contributed by atoms with Crippen molar-refractivity contribution in [3.63, 3.8) is 0 Å². The number of aromatic nitrogens is 5. The monoisotopic (exact) mass is 505 g/mol. The van der Waals surface area contributed by atoms with Gasteiger partial charge in [0.05, 0.1) is 24.0 Å². The van der Waals surface area contributed by atoms with E-state index in [0.29, 0.717) is 36.8 Å². The number of aliphatic hydroxyl groups is 1. The number of carbonyl (C=O) groups is 1. The summed E-state index contributed by atoms with van der Waals surface area (Å²) in [4.78, 5) is 27.9. The van der Waals surface area contributed by atoms with Crippen LogP contribution in [-0.2, 0) is 22.2 Å². The molecule has 4 heterocycles. The second kappa shape index (κ2) is 9.76. The number of benzene rings is 1. The Hall–Kier alpha value is -3.67. The minimum absolute atomic E-state index is 0.171. The maximum atomic E-state index is 12.5. The predicted molar refractivity (Wildman–Crippen MR) is 136 cm³/mol. The molecule has 0 aliphatic carbocycles. The first-order valence-electron chi connectivity index (χ1n) is 11.5. The number of thiazole rings is 1. The lowest BCUT2D eigenvalue weighted by Gasteiger charge is -2.21. The minimum atomic E-state index is -1.50. The first-order valence-corrected chi connectivity index (χ1v) is 12.4. The molecule has 1 amide bonds. The number of methoxy groups -OCH3 is 1. The maximum absolute atomic E-state index is 12.5. The number of amides is 1. The Morgan fingerprint density at radius 2 is 2.06 bits per heavy atom. The van der Waals surface area contributed by atoms with Gasteiger partial charge in [0, 0.05) is 57.5 Å². The molecule has 1 aliphatic heterocycles. The second-order valence-corrected chi connectivity index (χ2v) is 9.61. The van der Waals surface area contributed by atoms with Crippen LogP contribution < -0.4 is 5.32 Å². The molecule has 2 N–H and O–H groups in total. The van der Waals surface area contributed by atoms with E-state index in [2.05, 4.69) is 20.4 Å². The van der Waals surface area contributed by atoms with Gasteiger partial charge in [-0.15, -0.1) is 11.3 Å². The van der Waals surface area contributed by atoms with Gasteiger partial charge in [-0.25, -0.2) is 15.0 Å². The molecule has 1 aromatic carbocycles. The van der Waals surface area contributed by atoms with Crippen LogP contribution in [0.15, 0.2) is 54.2 Å². The molecule has 10 nitrogen and oxygen atoms in total. The standard InChI is InChI=1S/C25H27N7O3S/c1-31-12-9-25(34,23(31)33)17-6-4-5-16(13-17)20-15-36-22(28-20)18-7-10-26-24(29-18)30-19(14-35-3)21-8-11-27-32(21)2/h4-8,10-11,13,15,19,34H,9,12,14H2,1-3H3,(H,26,29,30)/t19-,25-/m1/s1. The highest BCUT2D eigenvalue weighted by molar-refractivity contribution is 7.13. The highest BCUT2D eigenvalue weighted by Gasteiger charge is 2.45. The van der Waals surface area contributed by atoms with Crippen LogP contribution in [0.5, 0.6) is 0 Å². The number of carbonyl (C=O) groups excluding carboxylic acids is 1. The van der Waals surface area contributed by atoms with Crippen molar-refractivity contribution in [1.29, 1.82) is 0 Å². The van der Waals surface area contributed by atoms with E-state index in [1.807, 2.05) is 42.8 Å². The molecule has 1 aliphatic rings. The van der Waals surface area contributed by atoms with Crippen molar-refractivity contribution in [2.45, 2.75) is 18.1 Å². The number of aryl methyl sites for hydroxylation is 1. The van der Waals surface area contributed by atoms with Gasteiger partial charge in [-0.2, -0.15) is 5.10 Å². The number of nitrogens with zero attached hydrogens (tertiary/aromatic N) is 6. The van der Waals surface area contributed by atoms with E-state index in [9.17, 15) is 9.90 Å². The van der Waals surface area contributed by atoms with Crippen LogP contribution in [0.4, 0.5) is 5.95 Å². The maximum Gasteiger partial charge on any atom is 0.258 e. The van der Waals surface area contributed by atoms with Crippen molar-refractivity contribution in [1.82, 2.24) is 29.6 Å². The molecule has 4 aromatic rings. The van der Waals surface area contributed by atoms with E-state index in [1.165, 1.54) is 11.3 Å². The van der Waals surface area contributed by atoms with Gasteiger partial charge in [0.2, 0.25) is 5.95 Å². The Morgan fingerprint density at radius 1 is 1.19 bits per heavy atom. The molecule has 5 rings (SSSR count). The van der Waals surface area contributed by atoms with Crippen molar-refractivity contribution in [3.05, 3.63) is 65.4 Å². The van der Waals surface area contributed by atoms with Crippen LogP contribution in [-0.4, -0.2) is 68.0 Å². The number of hydrogen-bond acceptors (Lipinski definition) is 9. The fraction of sp³-hybridized carbons (Fsp3) is 0.320. The predicted octanol–water partition coefficient (Wildman–Crippen LogP) is 2.85. The molecule has 3 aromatic heterocycles. The fourth-order valence-corrected chi connectivity index (χ4v) is 5.18. The highest BCUT2D eigenvalue weighted by Crippen LogP contribution is 2.35. The zero-order valence-electron chi connectivity index (χ0n) is 20.3. The van der Waals surface area contributed by atoms with Crippen LogP contribution in [0.3, 0.4) is 0 Å². The van der Waals surface area contributed by atoms with Gasteiger partial charge in [0.1, 0.15) is 10.7 Å². The third-order valence-corrected chi connectivity index (χ3v) is 7.24. The molecular weight excluding hydrogens is 478 g/mol. The van der Waals surface area contributed by atoms with E-state index in [-0.39, 0.29) is 11.9 Å². The van der Waals surface area contributed by atoms with Crippen molar-refractivity contribution >= 4 is 23.2 Å². The Kier molecular flexibility index (Phi) is 6.52. The number of rotatable bonds is 8. The summed E-state index contributed by atoms with van der Waals surface area (Å²) in [5.74, 6) is 0.179. The molecule has 0 unspecified atom stereocenters. The van der Waals surface area contributed by atoms with Gasteiger partial charge in [0.25, 0.3) is 5.91 Å². The molecule has 0 spiro atoms. The minimum Gasteiger partial charge on any atom is -0.382 e. The summed E-state index contributed by atoms with van der Waals surface area (Å²) in [7, 11) is 5.23. The number of nitrogens with one attached hydrogen (secondary N) is 1. The average Bonchev–Trinajstić information content (AvgIpc) is 3.61. The molecule has 2 atom stereocenters. The zero-order valence-corrected chi connectivity index (χ0v) is 21.1. The summed E-state index contributed by atoms with van der Waals surface area (Å²) in [6, 6.07) is 11.0. The average molecular weight is 506 g/mol. The third kappa shape index (κ3) is 4.48. The fourth-order valence-electron chi connectivity index (χ4n) is 4.38. The number of likely N-dealkylation sites (tertiary alicyclic amines) is 1. The van der Waals surface area contributed by atoms with Crippen LogP contribution in [0.2, 0.25) is 0 Å². The topological polar surface area (TPSA) is 118 Å². The summed E-state index contributed by atoms with van der Waals surface area (Å²) < 4.78 is 7.16. The lowest BCUT2D eigenvalue weighted by Crippen LogP contribution is -2.36. The van der Waals surface area contributed by atoms with Crippen LogP contribution in [0, 0.1) is 0 Å². The van der Waals surface area contributed by atoms with Crippen molar-refractivity contribution < 1.29 is 14.6 Å². The van der Waals surface area contributed by atoms with Gasteiger partial charge in [0.15, 0.2) is 5.60 Å². The molecule has 0 saturated carbocycles. The summed E-state index contributed by atoms with van der Waals surface area (Å²) in [6.45, 7) is 0.950. The van der Waals surface area contributed by atoms with Crippen LogP contribution >= 0.6 is 11.3 Å². The van der Waals surface area contributed by atoms with E-state index in [4.69, 9.17) is 9.72 Å². The molecule has 0 radical (unpaired) electrons. The quantitative estimate of drug-likeness (QED) is 0.375. The van der Waals surface area contributed by atoms with Crippen molar-refractivity contribution in [2.75, 3.05) is 32.6 Å². The normalized spacial score (nSPS) is 18.6. The van der Waals surface area contributed by atoms with Gasteiger partial charge >= 0.3 is 0 Å². The number of ether oxygens (including phenoxy) is 1. The zero-order chi connectivity index (χ0) is 25.3. The Bertz CT molecular complexity index is 1390. The van der Waals surface area contributed by atoms with E-state index >= 15 is 0 Å². The van der Waals surface area contributed by atoms with E-state index < -0.39 is 5.60 Å². The van der Waals surface area contributed by atoms with E-state index in [1.54, 1.807) is 42.2 Å². The molecule has 1 fully saturated rings. The first-order chi connectivity index (χ1) is 17.4. The van der Waals surface area contributed by atoms with Crippen LogP contribution in [0.25, 0.3) is 22.0 Å². The molecule has 186 valence electrons. The third-order valence-electron chi connectivity index (χ3n) is 6.38. The summed E-state index contributed by atoms with van der Waals surface area (Å²) >= 11 is 1.47. The van der Waals surface area contributed by atoms with Crippen LogP contribution in [0.1, 0.15) is 23.7 Å². The summed E-state index contributed by atoms with van der Waals surface area (Å²) in [5.41, 5.74) is 2.30. The lowest BCUT2D eigenvalue weighted by atomic mass is 9.90. The summed E-state index contributed by atoms with van der Waals surface area (Å²) in [5, 5.41) is 21.3. The van der Waals surface area contributed by atoms with Gasteiger partial charge < -0.3 is 20.1 Å². The van der Waals surface area contributed by atoms with Crippen molar-refractivity contribution in [3.8, 4) is 22.0 Å². The van der Waals surface area contributed by atoms with E-state index in [0.717, 1.165) is 22.0 Å². The molecular formula is C25H27N7O3S. The Morgan fingerprint density at radius 3 is 2.78 bits per heavy atom. The lowest BCUT2D eigenvalue weighted by molar-refractivity contribution is -0.143. The number of anilines is 1. The molecule has 36 heavy (non-hydrogen) atoms. The second-order valence-electron chi connectivity index (χ2n) is 8.75.